The second-order valence-corrected chi connectivity index (χ2v) is 4.71. The predicted molar refractivity (Wildman–Crippen MR) is 72.7 cm³/mol. The van der Waals surface area contributed by atoms with Crippen LogP contribution < -0.4 is 10.6 Å². The highest BCUT2D eigenvalue weighted by atomic mass is 127. The Labute approximate surface area is 109 Å². The summed E-state index contributed by atoms with van der Waals surface area (Å²) in [5.74, 6) is 0. The molecule has 0 unspecified atom stereocenters. The molecule has 2 amide bonds. The molecule has 4 nitrogen and oxygen atoms in total. The van der Waals surface area contributed by atoms with E-state index in [2.05, 4.69) is 33.2 Å². The summed E-state index contributed by atoms with van der Waals surface area (Å²) in [6.45, 7) is 2.39. The first kappa shape index (κ1) is 13.2. The van der Waals surface area contributed by atoms with Crippen LogP contribution in [0.15, 0.2) is 24.3 Å². The third kappa shape index (κ3) is 4.80. The maximum atomic E-state index is 11.5. The van der Waals surface area contributed by atoms with Gasteiger partial charge in [-0.1, -0.05) is 6.07 Å². The summed E-state index contributed by atoms with van der Waals surface area (Å²) in [5, 5.41) is 5.53. The summed E-state index contributed by atoms with van der Waals surface area (Å²) >= 11 is 2.20. The van der Waals surface area contributed by atoms with Gasteiger partial charge in [-0.05, 0) is 47.7 Å². The summed E-state index contributed by atoms with van der Waals surface area (Å²) < 4.78 is 6.01. The van der Waals surface area contributed by atoms with Crippen LogP contribution in [-0.2, 0) is 4.74 Å². The second kappa shape index (κ2) is 6.70. The second-order valence-electron chi connectivity index (χ2n) is 3.47. The summed E-state index contributed by atoms with van der Waals surface area (Å²) in [4.78, 5) is 11.5. The van der Waals surface area contributed by atoms with Gasteiger partial charge in [-0.2, -0.15) is 0 Å². The molecule has 0 aromatic heterocycles. The van der Waals surface area contributed by atoms with Gasteiger partial charge in [0.1, 0.15) is 0 Å². The van der Waals surface area contributed by atoms with E-state index in [0.29, 0.717) is 6.61 Å². The molecule has 0 radical (unpaired) electrons. The van der Waals surface area contributed by atoms with E-state index in [0.717, 1.165) is 9.26 Å². The number of carbonyl (C=O) groups is 1. The number of urea groups is 1. The minimum Gasteiger partial charge on any atom is -0.383 e. The number of rotatable bonds is 4. The fraction of sp³-hybridized carbons (Fsp3) is 0.364. The lowest BCUT2D eigenvalue weighted by Crippen LogP contribution is -2.38. The van der Waals surface area contributed by atoms with E-state index in [4.69, 9.17) is 4.74 Å². The Morgan fingerprint density at radius 3 is 2.94 bits per heavy atom. The van der Waals surface area contributed by atoms with Gasteiger partial charge in [0.05, 0.1) is 12.6 Å². The first-order valence-corrected chi connectivity index (χ1v) is 6.01. The summed E-state index contributed by atoms with van der Waals surface area (Å²) in [7, 11) is 1.61. The lowest BCUT2D eigenvalue weighted by atomic mass is 10.3. The Bertz CT molecular complexity index is 358. The smallest absolute Gasteiger partial charge is 0.319 e. The molecule has 1 rings (SSSR count). The normalized spacial score (nSPS) is 11.9. The molecule has 1 atom stereocenters. The number of ether oxygens (including phenoxy) is 1. The molecule has 0 bridgehead atoms. The number of hydrogen-bond donors (Lipinski definition) is 2. The van der Waals surface area contributed by atoms with Crippen molar-refractivity contribution in [3.8, 4) is 0 Å². The van der Waals surface area contributed by atoms with Crippen molar-refractivity contribution in [1.29, 1.82) is 0 Å². The third-order valence-electron chi connectivity index (χ3n) is 1.88. The molecule has 0 saturated heterocycles. The first-order chi connectivity index (χ1) is 7.61. The number of amides is 2. The monoisotopic (exact) mass is 334 g/mol. The maximum Gasteiger partial charge on any atom is 0.319 e. The molecule has 0 aliphatic heterocycles. The van der Waals surface area contributed by atoms with E-state index in [9.17, 15) is 4.79 Å². The van der Waals surface area contributed by atoms with Crippen molar-refractivity contribution in [2.45, 2.75) is 13.0 Å². The highest BCUT2D eigenvalue weighted by Gasteiger charge is 2.06. The maximum absolute atomic E-state index is 11.5. The molecule has 0 saturated carbocycles. The average molecular weight is 334 g/mol. The Morgan fingerprint density at radius 1 is 1.56 bits per heavy atom. The highest BCUT2D eigenvalue weighted by Crippen LogP contribution is 2.11. The van der Waals surface area contributed by atoms with Gasteiger partial charge in [-0.15, -0.1) is 0 Å². The van der Waals surface area contributed by atoms with E-state index in [1.807, 2.05) is 31.2 Å². The Morgan fingerprint density at radius 2 is 2.31 bits per heavy atom. The van der Waals surface area contributed by atoms with Crippen molar-refractivity contribution < 1.29 is 9.53 Å². The number of halogens is 1. The lowest BCUT2D eigenvalue weighted by molar-refractivity contribution is 0.173. The molecule has 0 spiro atoms. The molecule has 1 aromatic rings. The van der Waals surface area contributed by atoms with Gasteiger partial charge in [0.25, 0.3) is 0 Å². The van der Waals surface area contributed by atoms with Crippen LogP contribution in [-0.4, -0.2) is 25.8 Å². The van der Waals surface area contributed by atoms with Crippen molar-refractivity contribution in [2.75, 3.05) is 19.0 Å². The number of benzene rings is 1. The fourth-order valence-electron chi connectivity index (χ4n) is 1.25. The van der Waals surface area contributed by atoms with E-state index < -0.39 is 0 Å². The molecule has 16 heavy (non-hydrogen) atoms. The van der Waals surface area contributed by atoms with Gasteiger partial charge in [0, 0.05) is 16.4 Å². The van der Waals surface area contributed by atoms with Gasteiger partial charge >= 0.3 is 6.03 Å². The van der Waals surface area contributed by atoms with Crippen LogP contribution in [0.4, 0.5) is 10.5 Å². The van der Waals surface area contributed by atoms with E-state index in [-0.39, 0.29) is 12.1 Å². The molecule has 0 heterocycles. The van der Waals surface area contributed by atoms with Crippen molar-refractivity contribution in [3.63, 3.8) is 0 Å². The van der Waals surface area contributed by atoms with E-state index >= 15 is 0 Å². The van der Waals surface area contributed by atoms with Crippen LogP contribution in [0.1, 0.15) is 6.92 Å². The number of methoxy groups -OCH3 is 1. The molecular formula is C11H15IN2O2. The highest BCUT2D eigenvalue weighted by molar-refractivity contribution is 14.1. The van der Waals surface area contributed by atoms with E-state index in [1.165, 1.54) is 0 Å². The predicted octanol–water partition coefficient (Wildman–Crippen LogP) is 2.45. The summed E-state index contributed by atoms with van der Waals surface area (Å²) in [5.41, 5.74) is 0.786. The summed E-state index contributed by atoms with van der Waals surface area (Å²) in [6.07, 6.45) is 0. The van der Waals surface area contributed by atoms with Gasteiger partial charge in [0.2, 0.25) is 0 Å². The van der Waals surface area contributed by atoms with E-state index in [1.54, 1.807) is 7.11 Å². The van der Waals surface area contributed by atoms with Crippen molar-refractivity contribution in [1.82, 2.24) is 5.32 Å². The van der Waals surface area contributed by atoms with Crippen molar-refractivity contribution in [3.05, 3.63) is 27.8 Å². The average Bonchev–Trinajstić information content (AvgIpc) is 2.17. The molecule has 88 valence electrons. The lowest BCUT2D eigenvalue weighted by Gasteiger charge is -2.13. The van der Waals surface area contributed by atoms with Gasteiger partial charge < -0.3 is 15.4 Å². The minimum absolute atomic E-state index is 0.00668. The molecule has 1 aromatic carbocycles. The van der Waals surface area contributed by atoms with Crippen LogP contribution in [0.2, 0.25) is 0 Å². The van der Waals surface area contributed by atoms with Crippen LogP contribution >= 0.6 is 22.6 Å². The van der Waals surface area contributed by atoms with Gasteiger partial charge in [0.15, 0.2) is 0 Å². The quantitative estimate of drug-likeness (QED) is 0.831. The summed E-state index contributed by atoms with van der Waals surface area (Å²) in [6, 6.07) is 7.40. The zero-order chi connectivity index (χ0) is 12.0. The molecule has 0 aliphatic rings. The molecular weight excluding hydrogens is 319 g/mol. The third-order valence-corrected chi connectivity index (χ3v) is 2.55. The van der Waals surface area contributed by atoms with Crippen molar-refractivity contribution in [2.24, 2.45) is 0 Å². The molecule has 2 N–H and O–H groups in total. The largest absolute Gasteiger partial charge is 0.383 e. The minimum atomic E-state index is -0.216. The number of hydrogen-bond acceptors (Lipinski definition) is 2. The van der Waals surface area contributed by atoms with Crippen LogP contribution in [0, 0.1) is 3.57 Å². The standard InChI is InChI=1S/C11H15IN2O2/c1-8(7-16-2)13-11(15)14-10-5-3-4-9(12)6-10/h3-6,8H,7H2,1-2H3,(H2,13,14,15)/t8-/m1/s1. The zero-order valence-corrected chi connectivity index (χ0v) is 11.4. The van der Waals surface area contributed by atoms with Gasteiger partial charge in [-0.25, -0.2) is 4.79 Å². The Kier molecular flexibility index (Phi) is 5.54. The Hall–Kier alpha value is -0.820. The zero-order valence-electron chi connectivity index (χ0n) is 9.29. The van der Waals surface area contributed by atoms with Crippen molar-refractivity contribution >= 4 is 34.3 Å². The molecule has 5 heteroatoms. The number of nitrogens with one attached hydrogen (secondary N) is 2. The van der Waals surface area contributed by atoms with Crippen LogP contribution in [0.3, 0.4) is 0 Å². The topological polar surface area (TPSA) is 50.4 Å². The Balaban J connectivity index is 2.45. The SMILES string of the molecule is COC[C@@H](C)NC(=O)Nc1cccc(I)c1. The number of carbonyl (C=O) groups excluding carboxylic acids is 1. The molecule has 0 aliphatic carbocycles. The fourth-order valence-corrected chi connectivity index (χ4v) is 1.79. The number of anilines is 1. The first-order valence-electron chi connectivity index (χ1n) is 4.94. The van der Waals surface area contributed by atoms with Crippen LogP contribution in [0.25, 0.3) is 0 Å². The van der Waals surface area contributed by atoms with Crippen LogP contribution in [0.5, 0.6) is 0 Å². The van der Waals surface area contributed by atoms with Gasteiger partial charge in [-0.3, -0.25) is 0 Å². The molecule has 0 fully saturated rings.